The molecule has 1 aromatic heterocycles. The average molecular weight is 261 g/mol. The minimum atomic E-state index is -0.594. The van der Waals surface area contributed by atoms with E-state index < -0.39 is 6.10 Å². The Labute approximate surface area is 114 Å². The fourth-order valence-electron chi connectivity index (χ4n) is 2.03. The number of likely N-dealkylation sites (N-methyl/N-ethyl adjacent to an activating group) is 1. The van der Waals surface area contributed by atoms with E-state index in [2.05, 4.69) is 25.7 Å². The highest BCUT2D eigenvalue weighted by molar-refractivity contribution is 5.77. The van der Waals surface area contributed by atoms with Crippen LogP contribution in [0.2, 0.25) is 0 Å². The lowest BCUT2D eigenvalue weighted by molar-refractivity contribution is 0.0578. The molecule has 3 heteroatoms. The summed E-state index contributed by atoms with van der Waals surface area (Å²) in [5.74, 6) is 0.639. The van der Waals surface area contributed by atoms with Crippen molar-refractivity contribution in [3.8, 4) is 0 Å². The topological polar surface area (TPSA) is 36.6 Å². The summed E-state index contributed by atoms with van der Waals surface area (Å²) in [7, 11) is 2.04. The van der Waals surface area contributed by atoms with Gasteiger partial charge in [-0.3, -0.25) is 4.90 Å². The fraction of sp³-hybridized carbons (Fsp3) is 0.500. The maximum atomic E-state index is 10.3. The van der Waals surface area contributed by atoms with E-state index in [1.807, 2.05) is 37.4 Å². The zero-order chi connectivity index (χ0) is 14.0. The molecule has 0 saturated heterocycles. The number of rotatable bonds is 5. The van der Waals surface area contributed by atoms with Gasteiger partial charge in [-0.1, -0.05) is 25.1 Å². The van der Waals surface area contributed by atoms with Gasteiger partial charge in [0.05, 0.1) is 0 Å². The lowest BCUT2D eigenvalue weighted by Crippen LogP contribution is -2.42. The van der Waals surface area contributed by atoms with Crippen LogP contribution in [-0.4, -0.2) is 29.1 Å². The number of nitrogens with zero attached hydrogens (tertiary/aromatic N) is 1. The zero-order valence-electron chi connectivity index (χ0n) is 12.2. The summed E-state index contributed by atoms with van der Waals surface area (Å²) in [5.41, 5.74) is 0.904. The number of fused-ring (bicyclic) bond motifs is 1. The van der Waals surface area contributed by atoms with Crippen molar-refractivity contribution in [2.24, 2.45) is 0 Å². The molecule has 0 saturated carbocycles. The Morgan fingerprint density at radius 2 is 2.00 bits per heavy atom. The highest BCUT2D eigenvalue weighted by atomic mass is 16.4. The van der Waals surface area contributed by atoms with E-state index in [4.69, 9.17) is 4.42 Å². The minimum absolute atomic E-state index is 0.0764. The predicted molar refractivity (Wildman–Crippen MR) is 78.2 cm³/mol. The van der Waals surface area contributed by atoms with Gasteiger partial charge >= 0.3 is 0 Å². The third-order valence-electron chi connectivity index (χ3n) is 4.12. The molecule has 0 fully saturated rings. The van der Waals surface area contributed by atoms with Crippen LogP contribution in [0, 0.1) is 0 Å². The molecule has 1 unspecified atom stereocenters. The number of hydrogen-bond acceptors (Lipinski definition) is 3. The summed E-state index contributed by atoms with van der Waals surface area (Å²) < 4.78 is 5.70. The molecule has 0 amide bonds. The van der Waals surface area contributed by atoms with Gasteiger partial charge in [0.15, 0.2) is 0 Å². The third kappa shape index (κ3) is 2.99. The van der Waals surface area contributed by atoms with Gasteiger partial charge in [0.25, 0.3) is 0 Å². The van der Waals surface area contributed by atoms with E-state index in [9.17, 15) is 5.11 Å². The molecular weight excluding hydrogens is 238 g/mol. The van der Waals surface area contributed by atoms with E-state index in [1.165, 1.54) is 0 Å². The van der Waals surface area contributed by atoms with Crippen molar-refractivity contribution >= 4 is 11.0 Å². The minimum Gasteiger partial charge on any atom is -0.458 e. The van der Waals surface area contributed by atoms with Gasteiger partial charge in [-0.2, -0.15) is 0 Å². The standard InChI is InChI=1S/C16H23NO2/c1-5-16(2,3)17(4)11-13(18)15-10-12-8-6-7-9-14(12)19-15/h6-10,13,18H,5,11H2,1-4H3. The molecule has 1 atom stereocenters. The summed E-state index contributed by atoms with van der Waals surface area (Å²) in [5, 5.41) is 11.4. The van der Waals surface area contributed by atoms with Crippen molar-refractivity contribution in [1.82, 2.24) is 4.90 Å². The van der Waals surface area contributed by atoms with Gasteiger partial charge in [0.2, 0.25) is 0 Å². The Morgan fingerprint density at radius 1 is 1.32 bits per heavy atom. The van der Waals surface area contributed by atoms with Crippen LogP contribution in [-0.2, 0) is 0 Å². The van der Waals surface area contributed by atoms with Crippen LogP contribution >= 0.6 is 0 Å². The van der Waals surface area contributed by atoms with E-state index in [0.29, 0.717) is 12.3 Å². The van der Waals surface area contributed by atoms with Gasteiger partial charge in [-0.25, -0.2) is 0 Å². The van der Waals surface area contributed by atoms with E-state index in [1.54, 1.807) is 0 Å². The predicted octanol–water partition coefficient (Wildman–Crippen LogP) is 3.59. The Hall–Kier alpha value is -1.32. The van der Waals surface area contributed by atoms with E-state index >= 15 is 0 Å². The van der Waals surface area contributed by atoms with Crippen LogP contribution in [0.25, 0.3) is 11.0 Å². The van der Waals surface area contributed by atoms with Crippen molar-refractivity contribution in [2.75, 3.05) is 13.6 Å². The highest BCUT2D eigenvalue weighted by Crippen LogP contribution is 2.26. The molecule has 0 spiro atoms. The van der Waals surface area contributed by atoms with Crippen LogP contribution < -0.4 is 0 Å². The fourth-order valence-corrected chi connectivity index (χ4v) is 2.03. The van der Waals surface area contributed by atoms with Crippen LogP contribution in [0.3, 0.4) is 0 Å². The molecule has 0 aliphatic rings. The zero-order valence-corrected chi connectivity index (χ0v) is 12.2. The lowest BCUT2D eigenvalue weighted by Gasteiger charge is -2.35. The molecule has 1 heterocycles. The number of β-amino-alcohol motifs (C(OH)–C–C–N with tert-alkyl or cyclic N) is 1. The first-order valence-electron chi connectivity index (χ1n) is 6.82. The molecule has 104 valence electrons. The molecule has 2 aromatic rings. The monoisotopic (exact) mass is 261 g/mol. The first-order valence-corrected chi connectivity index (χ1v) is 6.82. The maximum absolute atomic E-state index is 10.3. The van der Waals surface area contributed by atoms with Crippen molar-refractivity contribution in [3.05, 3.63) is 36.1 Å². The van der Waals surface area contributed by atoms with Gasteiger partial charge < -0.3 is 9.52 Å². The Morgan fingerprint density at radius 3 is 2.63 bits per heavy atom. The number of hydrogen-bond donors (Lipinski definition) is 1. The molecule has 0 bridgehead atoms. The van der Waals surface area contributed by atoms with Crippen LogP contribution in [0.15, 0.2) is 34.7 Å². The first-order chi connectivity index (χ1) is 8.94. The summed E-state index contributed by atoms with van der Waals surface area (Å²) in [4.78, 5) is 2.17. The van der Waals surface area contributed by atoms with Crippen molar-refractivity contribution in [3.63, 3.8) is 0 Å². The maximum Gasteiger partial charge on any atom is 0.135 e. The number of aliphatic hydroxyl groups excluding tert-OH is 1. The van der Waals surface area contributed by atoms with Gasteiger partial charge in [0, 0.05) is 17.5 Å². The number of aliphatic hydroxyl groups is 1. The van der Waals surface area contributed by atoms with Gasteiger partial charge in [0.1, 0.15) is 17.4 Å². The normalized spacial score (nSPS) is 14.2. The summed E-state index contributed by atoms with van der Waals surface area (Å²) in [6, 6.07) is 9.75. The molecule has 0 aliphatic heterocycles. The van der Waals surface area contributed by atoms with Crippen LogP contribution in [0.4, 0.5) is 0 Å². The Bertz CT molecular complexity index is 511. The van der Waals surface area contributed by atoms with Crippen molar-refractivity contribution < 1.29 is 9.52 Å². The smallest absolute Gasteiger partial charge is 0.135 e. The molecule has 0 aliphatic carbocycles. The van der Waals surface area contributed by atoms with Crippen molar-refractivity contribution in [1.29, 1.82) is 0 Å². The highest BCUT2D eigenvalue weighted by Gasteiger charge is 2.25. The lowest BCUT2D eigenvalue weighted by atomic mass is 9.99. The van der Waals surface area contributed by atoms with Crippen LogP contribution in [0.1, 0.15) is 39.1 Å². The Balaban J connectivity index is 2.13. The SMILES string of the molecule is CCC(C)(C)N(C)CC(O)c1cc2ccccc2o1. The number of para-hydroxylation sites is 1. The molecule has 19 heavy (non-hydrogen) atoms. The average Bonchev–Trinajstić information content (AvgIpc) is 2.82. The van der Waals surface area contributed by atoms with E-state index in [-0.39, 0.29) is 5.54 Å². The van der Waals surface area contributed by atoms with Gasteiger partial charge in [-0.05, 0) is 39.4 Å². The number of furan rings is 1. The van der Waals surface area contributed by atoms with Crippen LogP contribution in [0.5, 0.6) is 0 Å². The van der Waals surface area contributed by atoms with E-state index in [0.717, 1.165) is 17.4 Å². The second kappa shape index (κ2) is 5.35. The third-order valence-corrected chi connectivity index (χ3v) is 4.12. The summed E-state index contributed by atoms with van der Waals surface area (Å²) >= 11 is 0. The summed E-state index contributed by atoms with van der Waals surface area (Å²) in [6.45, 7) is 7.08. The molecule has 2 rings (SSSR count). The molecular formula is C16H23NO2. The molecule has 0 radical (unpaired) electrons. The molecule has 1 aromatic carbocycles. The second-order valence-corrected chi connectivity index (χ2v) is 5.75. The molecule has 1 N–H and O–H groups in total. The largest absolute Gasteiger partial charge is 0.458 e. The number of benzene rings is 1. The molecule has 3 nitrogen and oxygen atoms in total. The second-order valence-electron chi connectivity index (χ2n) is 5.75. The quantitative estimate of drug-likeness (QED) is 0.893. The van der Waals surface area contributed by atoms with Crippen molar-refractivity contribution in [2.45, 2.75) is 38.8 Å². The first kappa shape index (κ1) is 14.1. The van der Waals surface area contributed by atoms with Gasteiger partial charge in [-0.15, -0.1) is 0 Å². The Kier molecular flexibility index (Phi) is 3.97. The summed E-state index contributed by atoms with van der Waals surface area (Å²) in [6.07, 6.45) is 0.444.